The minimum atomic E-state index is -1.08. The average molecular weight is 529 g/mol. The Labute approximate surface area is 211 Å². The van der Waals surface area contributed by atoms with Gasteiger partial charge in [-0.1, -0.05) is 30.9 Å². The van der Waals surface area contributed by atoms with Crippen molar-refractivity contribution in [2.24, 2.45) is 0 Å². The van der Waals surface area contributed by atoms with Gasteiger partial charge in [-0.25, -0.2) is 13.2 Å². The van der Waals surface area contributed by atoms with Crippen LogP contribution >= 0.6 is 11.6 Å². The number of aliphatic hydroxyl groups is 1. The fourth-order valence-corrected chi connectivity index (χ4v) is 4.30. The van der Waals surface area contributed by atoms with Gasteiger partial charge in [-0.15, -0.1) is 0 Å². The number of amides is 2. The van der Waals surface area contributed by atoms with Gasteiger partial charge in [-0.05, 0) is 43.5 Å². The Balaban J connectivity index is 1.47. The second-order valence-electron chi connectivity index (χ2n) is 8.78. The van der Waals surface area contributed by atoms with E-state index in [0.717, 1.165) is 37.5 Å². The number of nitrogens with one attached hydrogen (secondary N) is 2. The van der Waals surface area contributed by atoms with Gasteiger partial charge in [0.25, 0.3) is 11.8 Å². The molecule has 3 N–H and O–H groups in total. The van der Waals surface area contributed by atoms with Crippen molar-refractivity contribution in [1.82, 2.24) is 10.6 Å². The Bertz CT molecular complexity index is 1070. The van der Waals surface area contributed by atoms with E-state index < -0.39 is 47.5 Å². The van der Waals surface area contributed by atoms with Gasteiger partial charge in [-0.3, -0.25) is 9.59 Å². The molecule has 1 atom stereocenters. The maximum absolute atomic E-state index is 13.5. The van der Waals surface area contributed by atoms with Crippen LogP contribution in [0.3, 0.4) is 0 Å². The van der Waals surface area contributed by atoms with Gasteiger partial charge < -0.3 is 25.2 Å². The predicted molar refractivity (Wildman–Crippen MR) is 126 cm³/mol. The molecule has 1 aliphatic rings. The summed E-state index contributed by atoms with van der Waals surface area (Å²) < 4.78 is 50.3. The largest absolute Gasteiger partial charge is 0.484 e. The van der Waals surface area contributed by atoms with Crippen molar-refractivity contribution in [3.05, 3.63) is 58.9 Å². The van der Waals surface area contributed by atoms with Gasteiger partial charge in [0.05, 0.1) is 11.1 Å². The van der Waals surface area contributed by atoms with E-state index in [9.17, 15) is 27.9 Å². The fourth-order valence-electron chi connectivity index (χ4n) is 4.18. The summed E-state index contributed by atoms with van der Waals surface area (Å²) >= 11 is 5.61. The first-order valence-corrected chi connectivity index (χ1v) is 11.9. The van der Waals surface area contributed by atoms with E-state index in [1.807, 2.05) is 0 Å². The van der Waals surface area contributed by atoms with Crippen LogP contribution in [0.5, 0.6) is 11.5 Å². The van der Waals surface area contributed by atoms with Crippen molar-refractivity contribution in [2.45, 2.75) is 50.2 Å². The highest BCUT2D eigenvalue weighted by atomic mass is 35.5. The molecule has 2 aromatic carbocycles. The summed E-state index contributed by atoms with van der Waals surface area (Å²) in [7, 11) is 0. The topological polar surface area (TPSA) is 96.9 Å². The van der Waals surface area contributed by atoms with E-state index in [1.54, 1.807) is 0 Å². The van der Waals surface area contributed by atoms with Gasteiger partial charge >= 0.3 is 0 Å². The third kappa shape index (κ3) is 8.30. The number of carbonyl (C=O) groups is 2. The number of benzene rings is 2. The molecule has 3 rings (SSSR count). The van der Waals surface area contributed by atoms with E-state index in [-0.39, 0.29) is 36.1 Å². The van der Waals surface area contributed by atoms with Gasteiger partial charge in [0.15, 0.2) is 24.8 Å². The zero-order valence-corrected chi connectivity index (χ0v) is 20.3. The molecule has 0 radical (unpaired) electrons. The Morgan fingerprint density at radius 1 is 0.917 bits per heavy atom. The van der Waals surface area contributed by atoms with Gasteiger partial charge in [0.2, 0.25) is 0 Å². The van der Waals surface area contributed by atoms with Crippen LogP contribution in [-0.2, 0) is 9.59 Å². The first kappa shape index (κ1) is 27.6. The molecule has 36 heavy (non-hydrogen) atoms. The summed E-state index contributed by atoms with van der Waals surface area (Å²) in [4.78, 5) is 24.6. The lowest BCUT2D eigenvalue weighted by molar-refractivity contribution is -0.126. The normalized spacial score (nSPS) is 15.6. The van der Waals surface area contributed by atoms with E-state index >= 15 is 0 Å². The maximum atomic E-state index is 13.5. The molecule has 1 fully saturated rings. The van der Waals surface area contributed by atoms with Crippen LogP contribution in [0, 0.1) is 17.5 Å². The fraction of sp³-hybridized carbons (Fsp3) is 0.440. The monoisotopic (exact) mass is 528 g/mol. The lowest BCUT2D eigenvalue weighted by Crippen LogP contribution is -2.54. The molecule has 1 unspecified atom stereocenters. The summed E-state index contributed by atoms with van der Waals surface area (Å²) in [5.74, 6) is -3.56. The first-order valence-electron chi connectivity index (χ1n) is 11.6. The molecule has 0 spiro atoms. The Morgan fingerprint density at radius 2 is 1.53 bits per heavy atom. The van der Waals surface area contributed by atoms with E-state index in [4.69, 9.17) is 21.1 Å². The minimum Gasteiger partial charge on any atom is -0.484 e. The molecule has 0 heterocycles. The molecule has 1 saturated carbocycles. The third-order valence-electron chi connectivity index (χ3n) is 5.90. The van der Waals surface area contributed by atoms with Gasteiger partial charge in [0, 0.05) is 24.2 Å². The quantitative estimate of drug-likeness (QED) is 0.411. The lowest BCUT2D eigenvalue weighted by atomic mass is 9.77. The van der Waals surface area contributed by atoms with Crippen molar-refractivity contribution < 1.29 is 37.3 Å². The number of carbonyl (C=O) groups excluding carboxylic acids is 2. The minimum absolute atomic E-state index is 0.0213. The molecule has 0 bridgehead atoms. The van der Waals surface area contributed by atoms with E-state index in [0.29, 0.717) is 12.8 Å². The van der Waals surface area contributed by atoms with Crippen molar-refractivity contribution in [3.63, 3.8) is 0 Å². The van der Waals surface area contributed by atoms with E-state index in [1.165, 1.54) is 18.2 Å². The average Bonchev–Trinajstić information content (AvgIpc) is 2.84. The van der Waals surface area contributed by atoms with Crippen LogP contribution in [0.4, 0.5) is 13.2 Å². The number of ether oxygens (including phenoxy) is 2. The SMILES string of the molecule is O=C(COc1ccc(Cl)c(F)c1)NCC(O)CC1(NC(=O)COc2ccc(F)c(F)c2)CCCCC1. The van der Waals surface area contributed by atoms with Crippen LogP contribution in [0.2, 0.25) is 5.02 Å². The molecule has 7 nitrogen and oxygen atoms in total. The number of halogens is 4. The first-order chi connectivity index (χ1) is 17.2. The molecule has 2 amide bonds. The standard InChI is InChI=1S/C25H28ClF3N2O5/c26-19-6-4-17(10-21(19)28)35-14-23(33)30-13-16(32)12-25(8-2-1-3-9-25)31-24(34)15-36-18-5-7-20(27)22(29)11-18/h4-7,10-11,16,32H,1-3,8-9,12-15H2,(H,30,33)(H,31,34). The molecule has 0 aromatic heterocycles. The molecule has 196 valence electrons. The third-order valence-corrected chi connectivity index (χ3v) is 6.20. The van der Waals surface area contributed by atoms with Crippen LogP contribution in [-0.4, -0.2) is 48.3 Å². The summed E-state index contributed by atoms with van der Waals surface area (Å²) in [5.41, 5.74) is -0.686. The van der Waals surface area contributed by atoms with Crippen LogP contribution < -0.4 is 20.1 Å². The van der Waals surface area contributed by atoms with Crippen LogP contribution in [0.15, 0.2) is 36.4 Å². The highest BCUT2D eigenvalue weighted by molar-refractivity contribution is 6.30. The molecule has 11 heteroatoms. The van der Waals surface area contributed by atoms with Crippen LogP contribution in [0.25, 0.3) is 0 Å². The Kier molecular flexibility index (Phi) is 9.83. The number of hydrogen-bond donors (Lipinski definition) is 3. The Morgan fingerprint density at radius 3 is 2.17 bits per heavy atom. The number of aliphatic hydroxyl groups excluding tert-OH is 1. The molecular formula is C25H28ClF3N2O5. The van der Waals surface area contributed by atoms with Gasteiger partial charge in [-0.2, -0.15) is 0 Å². The predicted octanol–water partition coefficient (Wildman–Crippen LogP) is 3.90. The summed E-state index contributed by atoms with van der Waals surface area (Å²) in [5, 5.41) is 16.0. The molecule has 2 aromatic rings. The maximum Gasteiger partial charge on any atom is 0.258 e. The summed E-state index contributed by atoms with van der Waals surface area (Å²) in [6.45, 7) is -0.848. The second kappa shape index (κ2) is 12.8. The van der Waals surface area contributed by atoms with Crippen molar-refractivity contribution in [2.75, 3.05) is 19.8 Å². The van der Waals surface area contributed by atoms with Crippen molar-refractivity contribution >= 4 is 23.4 Å². The van der Waals surface area contributed by atoms with Crippen molar-refractivity contribution in [1.29, 1.82) is 0 Å². The molecule has 1 aliphatic carbocycles. The van der Waals surface area contributed by atoms with Gasteiger partial charge in [0.1, 0.15) is 17.3 Å². The molecule has 0 saturated heterocycles. The lowest BCUT2D eigenvalue weighted by Gasteiger charge is -2.39. The van der Waals surface area contributed by atoms with Crippen molar-refractivity contribution in [3.8, 4) is 11.5 Å². The zero-order chi connectivity index (χ0) is 26.1. The van der Waals surface area contributed by atoms with E-state index in [2.05, 4.69) is 10.6 Å². The highest BCUT2D eigenvalue weighted by Gasteiger charge is 2.35. The molecule has 0 aliphatic heterocycles. The smallest absolute Gasteiger partial charge is 0.258 e. The highest BCUT2D eigenvalue weighted by Crippen LogP contribution is 2.32. The number of hydrogen-bond acceptors (Lipinski definition) is 5. The zero-order valence-electron chi connectivity index (χ0n) is 19.5. The summed E-state index contributed by atoms with van der Waals surface area (Å²) in [6, 6.07) is 6.80. The molecular weight excluding hydrogens is 501 g/mol. The second-order valence-corrected chi connectivity index (χ2v) is 9.19. The number of rotatable bonds is 11. The Hall–Kier alpha value is -2.98. The summed E-state index contributed by atoms with van der Waals surface area (Å²) in [6.07, 6.45) is 3.24. The van der Waals surface area contributed by atoms with Crippen LogP contribution in [0.1, 0.15) is 38.5 Å².